The van der Waals surface area contributed by atoms with Crippen LogP contribution in [0.4, 0.5) is 0 Å². The number of methoxy groups -OCH3 is 2. The molecule has 1 aromatic carbocycles. The fourth-order valence-electron chi connectivity index (χ4n) is 1.80. The monoisotopic (exact) mass is 247 g/mol. The van der Waals surface area contributed by atoms with Gasteiger partial charge in [-0.25, -0.2) is 0 Å². The first-order valence-electron chi connectivity index (χ1n) is 6.11. The van der Waals surface area contributed by atoms with Crippen molar-refractivity contribution in [3.05, 3.63) is 23.8 Å². The molecule has 3 nitrogen and oxygen atoms in total. The molecule has 3 heteroatoms. The average molecular weight is 247 g/mol. The zero-order valence-corrected chi connectivity index (χ0v) is 11.3. The van der Waals surface area contributed by atoms with Crippen molar-refractivity contribution >= 4 is 0 Å². The minimum Gasteiger partial charge on any atom is -0.497 e. The summed E-state index contributed by atoms with van der Waals surface area (Å²) in [7, 11) is 3.32. The van der Waals surface area contributed by atoms with Gasteiger partial charge in [0.05, 0.1) is 14.2 Å². The number of ether oxygens (including phenoxy) is 2. The molecule has 0 saturated heterocycles. The molecule has 0 spiro atoms. The summed E-state index contributed by atoms with van der Waals surface area (Å²) in [6.45, 7) is 3.01. The van der Waals surface area contributed by atoms with Gasteiger partial charge >= 0.3 is 0 Å². The number of terminal acetylenes is 1. The minimum atomic E-state index is 0.226. The van der Waals surface area contributed by atoms with Crippen molar-refractivity contribution in [2.24, 2.45) is 0 Å². The van der Waals surface area contributed by atoms with Crippen molar-refractivity contribution in [3.8, 4) is 23.8 Å². The van der Waals surface area contributed by atoms with Crippen LogP contribution in [0.2, 0.25) is 0 Å². The molecular weight excluding hydrogens is 226 g/mol. The van der Waals surface area contributed by atoms with Crippen LogP contribution in [0, 0.1) is 12.3 Å². The van der Waals surface area contributed by atoms with E-state index in [1.807, 2.05) is 18.2 Å². The molecule has 1 unspecified atom stereocenters. The Morgan fingerprint density at radius 1 is 1.33 bits per heavy atom. The molecule has 0 heterocycles. The molecule has 98 valence electrons. The van der Waals surface area contributed by atoms with E-state index >= 15 is 0 Å². The Kier molecular flexibility index (Phi) is 6.10. The van der Waals surface area contributed by atoms with Gasteiger partial charge in [-0.1, -0.05) is 6.07 Å². The van der Waals surface area contributed by atoms with E-state index in [2.05, 4.69) is 18.2 Å². The van der Waals surface area contributed by atoms with Gasteiger partial charge in [0.1, 0.15) is 11.5 Å². The van der Waals surface area contributed by atoms with Crippen LogP contribution in [-0.4, -0.2) is 20.8 Å². The van der Waals surface area contributed by atoms with Crippen LogP contribution >= 0.6 is 0 Å². The highest BCUT2D eigenvalue weighted by Gasteiger charge is 2.11. The predicted molar refractivity (Wildman–Crippen MR) is 74.0 cm³/mol. The first-order chi connectivity index (χ1) is 8.72. The van der Waals surface area contributed by atoms with E-state index in [9.17, 15) is 0 Å². The smallest absolute Gasteiger partial charge is 0.127 e. The Bertz CT molecular complexity index is 409. The number of unbranched alkanes of at least 4 members (excludes halogenated alkanes) is 1. The maximum absolute atomic E-state index is 5.38. The SMILES string of the molecule is C#CCCCNC(C)c1ccc(OC)cc1OC. The van der Waals surface area contributed by atoms with E-state index in [-0.39, 0.29) is 6.04 Å². The quantitative estimate of drug-likeness (QED) is 0.593. The molecule has 0 fully saturated rings. The van der Waals surface area contributed by atoms with E-state index in [4.69, 9.17) is 15.9 Å². The Hall–Kier alpha value is -1.66. The summed E-state index contributed by atoms with van der Waals surface area (Å²) in [4.78, 5) is 0. The molecule has 1 aromatic rings. The van der Waals surface area contributed by atoms with E-state index in [1.54, 1.807) is 14.2 Å². The standard InChI is InChI=1S/C15H21NO2/c1-5-6-7-10-16-12(2)14-9-8-13(17-3)11-15(14)18-4/h1,8-9,11-12,16H,6-7,10H2,2-4H3. The minimum absolute atomic E-state index is 0.226. The molecule has 1 atom stereocenters. The molecule has 0 aliphatic carbocycles. The van der Waals surface area contributed by atoms with Crippen molar-refractivity contribution in [2.75, 3.05) is 20.8 Å². The number of benzene rings is 1. The van der Waals surface area contributed by atoms with E-state index in [0.29, 0.717) is 0 Å². The van der Waals surface area contributed by atoms with Crippen molar-refractivity contribution in [2.45, 2.75) is 25.8 Å². The number of hydrogen-bond acceptors (Lipinski definition) is 3. The van der Waals surface area contributed by atoms with Gasteiger partial charge in [-0.05, 0) is 26.0 Å². The summed E-state index contributed by atoms with van der Waals surface area (Å²) in [6, 6.07) is 6.09. The average Bonchev–Trinajstić information content (AvgIpc) is 2.42. The molecule has 1 N–H and O–H groups in total. The topological polar surface area (TPSA) is 30.5 Å². The fraction of sp³-hybridized carbons (Fsp3) is 0.467. The maximum Gasteiger partial charge on any atom is 0.127 e. The lowest BCUT2D eigenvalue weighted by Gasteiger charge is -2.17. The number of hydrogen-bond donors (Lipinski definition) is 1. The molecule has 0 radical (unpaired) electrons. The molecule has 1 rings (SSSR count). The molecule has 0 bridgehead atoms. The second-order valence-corrected chi connectivity index (χ2v) is 4.09. The highest BCUT2D eigenvalue weighted by Crippen LogP contribution is 2.29. The summed E-state index contributed by atoms with van der Waals surface area (Å²) in [5.41, 5.74) is 1.12. The molecule has 0 aliphatic rings. The molecule has 0 aromatic heterocycles. The third kappa shape index (κ3) is 3.97. The molecule has 0 aliphatic heterocycles. The van der Waals surface area contributed by atoms with E-state index < -0.39 is 0 Å². The van der Waals surface area contributed by atoms with Gasteiger partial charge in [-0.15, -0.1) is 12.3 Å². The normalized spacial score (nSPS) is 11.7. The van der Waals surface area contributed by atoms with Gasteiger partial charge in [0, 0.05) is 24.1 Å². The van der Waals surface area contributed by atoms with Crippen LogP contribution in [0.15, 0.2) is 18.2 Å². The molecule has 0 amide bonds. The lowest BCUT2D eigenvalue weighted by atomic mass is 10.1. The van der Waals surface area contributed by atoms with Gasteiger partial charge in [-0.2, -0.15) is 0 Å². The van der Waals surface area contributed by atoms with Crippen LogP contribution in [0.3, 0.4) is 0 Å². The Morgan fingerprint density at radius 2 is 2.11 bits per heavy atom. The highest BCUT2D eigenvalue weighted by molar-refractivity contribution is 5.42. The highest BCUT2D eigenvalue weighted by atomic mass is 16.5. The van der Waals surface area contributed by atoms with Crippen molar-refractivity contribution < 1.29 is 9.47 Å². The summed E-state index contributed by atoms with van der Waals surface area (Å²) in [5.74, 6) is 4.28. The zero-order valence-electron chi connectivity index (χ0n) is 11.3. The van der Waals surface area contributed by atoms with Crippen LogP contribution < -0.4 is 14.8 Å². The summed E-state index contributed by atoms with van der Waals surface area (Å²) in [6.07, 6.45) is 7.01. The largest absolute Gasteiger partial charge is 0.497 e. The summed E-state index contributed by atoms with van der Waals surface area (Å²) >= 11 is 0. The van der Waals surface area contributed by atoms with Gasteiger partial charge in [-0.3, -0.25) is 0 Å². The van der Waals surface area contributed by atoms with Crippen LogP contribution in [-0.2, 0) is 0 Å². The first-order valence-corrected chi connectivity index (χ1v) is 6.11. The van der Waals surface area contributed by atoms with Crippen molar-refractivity contribution in [1.29, 1.82) is 0 Å². The van der Waals surface area contributed by atoms with Gasteiger partial charge in [0.2, 0.25) is 0 Å². The lowest BCUT2D eigenvalue weighted by molar-refractivity contribution is 0.386. The first kappa shape index (κ1) is 14.4. The van der Waals surface area contributed by atoms with Gasteiger partial charge < -0.3 is 14.8 Å². The lowest BCUT2D eigenvalue weighted by Crippen LogP contribution is -2.20. The summed E-state index contributed by atoms with van der Waals surface area (Å²) in [5, 5.41) is 3.43. The number of nitrogens with one attached hydrogen (secondary N) is 1. The maximum atomic E-state index is 5.38. The second-order valence-electron chi connectivity index (χ2n) is 4.09. The molecular formula is C15H21NO2. The molecule has 0 saturated carbocycles. The third-order valence-electron chi connectivity index (χ3n) is 2.86. The Labute approximate surface area is 109 Å². The van der Waals surface area contributed by atoms with Crippen LogP contribution in [0.25, 0.3) is 0 Å². The molecule has 18 heavy (non-hydrogen) atoms. The van der Waals surface area contributed by atoms with Crippen molar-refractivity contribution in [3.63, 3.8) is 0 Å². The predicted octanol–water partition coefficient (Wildman–Crippen LogP) is 2.77. The second kappa shape index (κ2) is 7.62. The van der Waals surface area contributed by atoms with Gasteiger partial charge in [0.25, 0.3) is 0 Å². The van der Waals surface area contributed by atoms with Crippen molar-refractivity contribution in [1.82, 2.24) is 5.32 Å². The zero-order chi connectivity index (χ0) is 13.4. The Balaban J connectivity index is 2.67. The van der Waals surface area contributed by atoms with E-state index in [1.165, 1.54) is 0 Å². The van der Waals surface area contributed by atoms with E-state index in [0.717, 1.165) is 36.4 Å². The van der Waals surface area contributed by atoms with Crippen LogP contribution in [0.1, 0.15) is 31.4 Å². The summed E-state index contributed by atoms with van der Waals surface area (Å²) < 4.78 is 10.6. The number of rotatable bonds is 7. The van der Waals surface area contributed by atoms with Gasteiger partial charge in [0.15, 0.2) is 0 Å². The Morgan fingerprint density at radius 3 is 2.72 bits per heavy atom. The fourth-order valence-corrected chi connectivity index (χ4v) is 1.80. The van der Waals surface area contributed by atoms with Crippen LogP contribution in [0.5, 0.6) is 11.5 Å². The third-order valence-corrected chi connectivity index (χ3v) is 2.86.